The van der Waals surface area contributed by atoms with Gasteiger partial charge in [-0.2, -0.15) is 11.8 Å². The summed E-state index contributed by atoms with van der Waals surface area (Å²) in [7, 11) is 0. The van der Waals surface area contributed by atoms with Crippen molar-refractivity contribution in [2.75, 3.05) is 16.8 Å². The Morgan fingerprint density at radius 3 is 2.60 bits per heavy atom. The van der Waals surface area contributed by atoms with Crippen LogP contribution in [0.3, 0.4) is 0 Å². The van der Waals surface area contributed by atoms with Crippen LogP contribution in [0.1, 0.15) is 12.8 Å². The van der Waals surface area contributed by atoms with Gasteiger partial charge in [-0.3, -0.25) is 9.98 Å². The highest BCUT2D eigenvalue weighted by molar-refractivity contribution is 7.99. The van der Waals surface area contributed by atoms with Gasteiger partial charge in [-0.25, -0.2) is 4.98 Å². The van der Waals surface area contributed by atoms with Crippen molar-refractivity contribution in [3.8, 4) is 17.1 Å². The predicted octanol–water partition coefficient (Wildman–Crippen LogP) is 6.72. The number of thioether (sulfide) groups is 1. The van der Waals surface area contributed by atoms with Crippen molar-refractivity contribution in [2.24, 2.45) is 4.99 Å². The van der Waals surface area contributed by atoms with Crippen LogP contribution in [0.2, 0.25) is 5.02 Å². The van der Waals surface area contributed by atoms with Crippen molar-refractivity contribution in [1.82, 2.24) is 14.5 Å². The summed E-state index contributed by atoms with van der Waals surface area (Å²) in [5.41, 5.74) is 6.76. The molecule has 2 aromatic carbocycles. The van der Waals surface area contributed by atoms with Crippen LogP contribution in [-0.2, 0) is 0 Å². The minimum Gasteiger partial charge on any atom is -0.352 e. The molecule has 3 aliphatic rings. The number of fused-ring (bicyclic) bond motifs is 2. The van der Waals surface area contributed by atoms with Crippen LogP contribution >= 0.6 is 23.4 Å². The number of anilines is 2. The Morgan fingerprint density at radius 2 is 1.80 bits per heavy atom. The normalized spacial score (nSPS) is 15.1. The number of hydrogen-bond donors (Lipinski definition) is 1. The Balaban J connectivity index is 1.62. The molecule has 1 aromatic heterocycles. The summed E-state index contributed by atoms with van der Waals surface area (Å²) >= 11 is 8.23. The summed E-state index contributed by atoms with van der Waals surface area (Å²) in [5.74, 6) is 2.31. The van der Waals surface area contributed by atoms with Gasteiger partial charge in [0.1, 0.15) is 0 Å². The van der Waals surface area contributed by atoms with Crippen LogP contribution in [0.25, 0.3) is 28.1 Å². The van der Waals surface area contributed by atoms with E-state index in [0.717, 1.165) is 69.2 Å². The van der Waals surface area contributed by atoms with Gasteiger partial charge in [0.05, 0.1) is 51.4 Å². The molecule has 1 N–H and O–H groups in total. The number of hydrogen-bond acceptors (Lipinski definition) is 5. The lowest BCUT2D eigenvalue weighted by Gasteiger charge is -2.21. The molecule has 0 amide bonds. The smallest absolute Gasteiger partial charge is 0.0900 e. The van der Waals surface area contributed by atoms with Gasteiger partial charge in [0.2, 0.25) is 0 Å². The Hall–Kier alpha value is -3.35. The number of benzene rings is 3. The van der Waals surface area contributed by atoms with Crippen molar-refractivity contribution in [3.63, 3.8) is 0 Å². The fourth-order valence-electron chi connectivity index (χ4n) is 4.52. The van der Waals surface area contributed by atoms with Gasteiger partial charge in [-0.15, -0.1) is 0 Å². The van der Waals surface area contributed by atoms with Crippen molar-refractivity contribution in [3.05, 3.63) is 95.6 Å². The molecule has 1 fully saturated rings. The SMILES string of the molecule is Clc1ccc(-n2c3c/c(=N\C4CCSCC4)c(Nc4cccnc4)cc-3nc3ccccc32)cc1. The summed E-state index contributed by atoms with van der Waals surface area (Å²) in [6.07, 6.45) is 5.80. The predicted molar refractivity (Wildman–Crippen MR) is 146 cm³/mol. The van der Waals surface area contributed by atoms with Gasteiger partial charge in [0.15, 0.2) is 0 Å². The summed E-state index contributed by atoms with van der Waals surface area (Å²) in [6, 6.07) is 24.7. The van der Waals surface area contributed by atoms with Crippen molar-refractivity contribution < 1.29 is 0 Å². The van der Waals surface area contributed by atoms with Gasteiger partial charge in [-0.05, 0) is 85.0 Å². The molecule has 1 aliphatic carbocycles. The van der Waals surface area contributed by atoms with Crippen LogP contribution < -0.4 is 10.7 Å². The fourth-order valence-corrected chi connectivity index (χ4v) is 5.73. The second kappa shape index (κ2) is 9.72. The van der Waals surface area contributed by atoms with Crippen LogP contribution in [0.15, 0.2) is 90.2 Å². The molecular weight excluding hydrogens is 474 g/mol. The highest BCUT2D eigenvalue weighted by Crippen LogP contribution is 2.31. The third-order valence-corrected chi connectivity index (χ3v) is 7.54. The van der Waals surface area contributed by atoms with Crippen molar-refractivity contribution in [1.29, 1.82) is 0 Å². The molecule has 3 heterocycles. The maximum Gasteiger partial charge on any atom is 0.0900 e. The molecule has 0 saturated carbocycles. The first-order valence-corrected chi connectivity index (χ1v) is 13.3. The number of pyridine rings is 1. The highest BCUT2D eigenvalue weighted by atomic mass is 35.5. The molecule has 174 valence electrons. The van der Waals surface area contributed by atoms with Crippen molar-refractivity contribution in [2.45, 2.75) is 18.9 Å². The maximum absolute atomic E-state index is 6.22. The van der Waals surface area contributed by atoms with E-state index >= 15 is 0 Å². The Kier molecular flexibility index (Phi) is 6.15. The van der Waals surface area contributed by atoms with Gasteiger partial charge in [0, 0.05) is 16.9 Å². The third-order valence-electron chi connectivity index (χ3n) is 6.24. The summed E-state index contributed by atoms with van der Waals surface area (Å²) in [6.45, 7) is 0. The molecule has 0 spiro atoms. The Bertz CT molecular complexity index is 1510. The second-order valence-electron chi connectivity index (χ2n) is 8.61. The Labute approximate surface area is 213 Å². The topological polar surface area (TPSA) is 55.1 Å². The third kappa shape index (κ3) is 4.64. The van der Waals surface area contributed by atoms with Gasteiger partial charge >= 0.3 is 0 Å². The van der Waals surface area contributed by atoms with E-state index in [2.05, 4.69) is 33.1 Å². The molecule has 3 aromatic rings. The first kappa shape index (κ1) is 22.1. The summed E-state index contributed by atoms with van der Waals surface area (Å²) in [5, 5.41) is 5.20. The largest absolute Gasteiger partial charge is 0.352 e. The average molecular weight is 498 g/mol. The summed E-state index contributed by atoms with van der Waals surface area (Å²) in [4.78, 5) is 14.5. The number of para-hydroxylation sites is 2. The molecule has 7 heteroatoms. The van der Waals surface area contributed by atoms with E-state index in [4.69, 9.17) is 21.6 Å². The molecule has 0 atom stereocenters. The van der Waals surface area contributed by atoms with E-state index in [1.165, 1.54) is 0 Å². The highest BCUT2D eigenvalue weighted by Gasteiger charge is 2.18. The number of aromatic nitrogens is 3. The molecule has 0 radical (unpaired) electrons. The molecule has 6 rings (SSSR count). The summed E-state index contributed by atoms with van der Waals surface area (Å²) < 4.78 is 2.25. The molecule has 0 bridgehead atoms. The maximum atomic E-state index is 6.22. The minimum absolute atomic E-state index is 0.320. The monoisotopic (exact) mass is 497 g/mol. The lowest BCUT2D eigenvalue weighted by molar-refractivity contribution is 0.613. The lowest BCUT2D eigenvalue weighted by atomic mass is 10.1. The first-order chi connectivity index (χ1) is 17.2. The molecule has 35 heavy (non-hydrogen) atoms. The zero-order chi connectivity index (χ0) is 23.6. The zero-order valence-corrected chi connectivity index (χ0v) is 20.6. The van der Waals surface area contributed by atoms with Crippen LogP contribution in [0.4, 0.5) is 11.4 Å². The standard InChI is InChI=1S/C28H24ClN5S/c29-19-7-9-22(10-8-19)34-27-6-2-1-5-23(27)33-26-16-24(32-21-4-3-13-30-18-21)25(17-28(26)34)31-20-11-14-35-15-12-20/h1-10,13,16-18,20,32H,11-12,14-15H2/b31-25+. The van der Waals surface area contributed by atoms with E-state index in [1.54, 1.807) is 6.20 Å². The molecular formula is C28H24ClN5S. The first-order valence-electron chi connectivity index (χ1n) is 11.7. The lowest BCUT2D eigenvalue weighted by Crippen LogP contribution is -2.20. The van der Waals surface area contributed by atoms with Gasteiger partial charge < -0.3 is 9.88 Å². The minimum atomic E-state index is 0.320. The zero-order valence-electron chi connectivity index (χ0n) is 19.1. The second-order valence-corrected chi connectivity index (χ2v) is 10.3. The van der Waals surface area contributed by atoms with Gasteiger partial charge in [-0.1, -0.05) is 23.7 Å². The fraction of sp³-hybridized carbons (Fsp3) is 0.179. The van der Waals surface area contributed by atoms with E-state index in [-0.39, 0.29) is 0 Å². The molecule has 5 nitrogen and oxygen atoms in total. The van der Waals surface area contributed by atoms with Gasteiger partial charge in [0.25, 0.3) is 0 Å². The van der Waals surface area contributed by atoms with Crippen LogP contribution in [0, 0.1) is 0 Å². The number of rotatable bonds is 4. The number of nitrogens with zero attached hydrogens (tertiary/aromatic N) is 4. The van der Waals surface area contributed by atoms with E-state index in [1.807, 2.05) is 72.6 Å². The Morgan fingerprint density at radius 1 is 0.971 bits per heavy atom. The van der Waals surface area contributed by atoms with E-state index in [0.29, 0.717) is 11.1 Å². The average Bonchev–Trinajstić information content (AvgIpc) is 2.90. The van der Waals surface area contributed by atoms with Crippen LogP contribution in [0.5, 0.6) is 0 Å². The van der Waals surface area contributed by atoms with E-state index < -0.39 is 0 Å². The number of nitrogens with one attached hydrogen (secondary N) is 1. The molecule has 1 saturated heterocycles. The number of halogens is 1. The van der Waals surface area contributed by atoms with Crippen molar-refractivity contribution >= 4 is 45.8 Å². The van der Waals surface area contributed by atoms with Crippen LogP contribution in [-0.4, -0.2) is 32.1 Å². The molecule has 2 aliphatic heterocycles. The van der Waals surface area contributed by atoms with E-state index in [9.17, 15) is 0 Å². The quantitative estimate of drug-likeness (QED) is 0.280. The molecule has 0 unspecified atom stereocenters.